The Balaban J connectivity index is 2.12. The van der Waals surface area contributed by atoms with E-state index in [4.69, 9.17) is 5.73 Å². The van der Waals surface area contributed by atoms with Gasteiger partial charge < -0.3 is 10.6 Å². The van der Waals surface area contributed by atoms with Crippen LogP contribution in [0.1, 0.15) is 19.0 Å². The summed E-state index contributed by atoms with van der Waals surface area (Å²) in [5.74, 6) is 1.58. The Labute approximate surface area is 90.5 Å². The second-order valence-electron chi connectivity index (χ2n) is 4.54. The number of hydrogen-bond acceptors (Lipinski definition) is 4. The molecular weight excluding hydrogens is 188 g/mol. The van der Waals surface area contributed by atoms with Crippen molar-refractivity contribution in [2.75, 3.05) is 18.0 Å². The molecule has 4 heteroatoms. The molecule has 2 N–H and O–H groups in total. The molecule has 0 aliphatic carbocycles. The van der Waals surface area contributed by atoms with Crippen LogP contribution in [0.5, 0.6) is 0 Å². The predicted molar refractivity (Wildman–Crippen MR) is 60.7 cm³/mol. The summed E-state index contributed by atoms with van der Waals surface area (Å²) in [6.07, 6.45) is 1.11. The van der Waals surface area contributed by atoms with Gasteiger partial charge in [-0.2, -0.15) is 5.10 Å². The van der Waals surface area contributed by atoms with Crippen molar-refractivity contribution in [1.82, 2.24) is 10.2 Å². The lowest BCUT2D eigenvalue weighted by molar-refractivity contribution is 0.399. The van der Waals surface area contributed by atoms with E-state index in [0.717, 1.165) is 31.0 Å². The van der Waals surface area contributed by atoms with Crippen LogP contribution in [-0.2, 0) is 0 Å². The van der Waals surface area contributed by atoms with Crippen LogP contribution in [0.25, 0.3) is 0 Å². The highest BCUT2D eigenvalue weighted by Crippen LogP contribution is 2.19. The summed E-state index contributed by atoms with van der Waals surface area (Å²) in [5.41, 5.74) is 6.94. The van der Waals surface area contributed by atoms with Gasteiger partial charge in [0, 0.05) is 19.1 Å². The van der Waals surface area contributed by atoms with Gasteiger partial charge in [0.05, 0.1) is 5.69 Å². The quantitative estimate of drug-likeness (QED) is 0.743. The molecule has 15 heavy (non-hydrogen) atoms. The minimum Gasteiger partial charge on any atom is -0.353 e. The third-order valence-electron chi connectivity index (χ3n) is 2.80. The molecule has 2 unspecified atom stereocenters. The average molecular weight is 206 g/mol. The van der Waals surface area contributed by atoms with E-state index in [2.05, 4.69) is 22.0 Å². The van der Waals surface area contributed by atoms with Crippen LogP contribution in [0.4, 0.5) is 5.82 Å². The molecule has 1 aliphatic heterocycles. The van der Waals surface area contributed by atoms with Crippen molar-refractivity contribution in [1.29, 1.82) is 0 Å². The average Bonchev–Trinajstić information content (AvgIpc) is 2.17. The molecule has 0 bridgehead atoms. The molecule has 1 saturated heterocycles. The first-order valence-electron chi connectivity index (χ1n) is 5.46. The Morgan fingerprint density at radius 1 is 1.33 bits per heavy atom. The molecule has 0 aromatic carbocycles. The molecule has 0 amide bonds. The summed E-state index contributed by atoms with van der Waals surface area (Å²) in [5, 5.41) is 8.26. The Morgan fingerprint density at radius 3 is 2.73 bits per heavy atom. The van der Waals surface area contributed by atoms with E-state index in [1.165, 1.54) is 0 Å². The van der Waals surface area contributed by atoms with Crippen LogP contribution >= 0.6 is 0 Å². The second kappa shape index (κ2) is 4.14. The highest BCUT2D eigenvalue weighted by molar-refractivity contribution is 5.38. The molecular formula is C11H18N4. The van der Waals surface area contributed by atoms with Crippen molar-refractivity contribution < 1.29 is 0 Å². The fourth-order valence-corrected chi connectivity index (χ4v) is 2.15. The first-order chi connectivity index (χ1) is 7.15. The van der Waals surface area contributed by atoms with E-state index >= 15 is 0 Å². The van der Waals surface area contributed by atoms with Crippen molar-refractivity contribution in [2.24, 2.45) is 11.7 Å². The minimum absolute atomic E-state index is 0.261. The zero-order valence-corrected chi connectivity index (χ0v) is 9.35. The Morgan fingerprint density at radius 2 is 2.13 bits per heavy atom. The third kappa shape index (κ3) is 2.45. The van der Waals surface area contributed by atoms with Crippen LogP contribution in [0.3, 0.4) is 0 Å². The van der Waals surface area contributed by atoms with E-state index < -0.39 is 0 Å². The largest absolute Gasteiger partial charge is 0.353 e. The number of anilines is 1. The molecule has 4 nitrogen and oxygen atoms in total. The Kier molecular flexibility index (Phi) is 2.86. The van der Waals surface area contributed by atoms with Gasteiger partial charge in [-0.3, -0.25) is 0 Å². The fourth-order valence-electron chi connectivity index (χ4n) is 2.15. The first-order valence-corrected chi connectivity index (χ1v) is 5.46. The van der Waals surface area contributed by atoms with Gasteiger partial charge in [-0.25, -0.2) is 0 Å². The molecule has 2 heterocycles. The number of aromatic nitrogens is 2. The first kappa shape index (κ1) is 10.4. The highest BCUT2D eigenvalue weighted by atomic mass is 15.3. The van der Waals surface area contributed by atoms with E-state index in [-0.39, 0.29) is 6.04 Å². The van der Waals surface area contributed by atoms with E-state index in [9.17, 15) is 0 Å². The topological polar surface area (TPSA) is 55.0 Å². The standard InChI is InChI=1S/C11H18N4/c1-8-5-10(12)7-15(6-8)11-4-3-9(2)13-14-11/h3-4,8,10H,5-7,12H2,1-2H3. The number of aryl methyl sites for hydroxylation is 1. The maximum Gasteiger partial charge on any atom is 0.151 e. The molecule has 0 spiro atoms. The zero-order chi connectivity index (χ0) is 10.8. The molecule has 1 aliphatic rings. The SMILES string of the molecule is Cc1ccc(N2CC(C)CC(N)C2)nn1. The maximum absolute atomic E-state index is 5.99. The molecule has 1 aromatic rings. The van der Waals surface area contributed by atoms with Gasteiger partial charge in [-0.05, 0) is 31.4 Å². The molecule has 1 fully saturated rings. The van der Waals surface area contributed by atoms with Gasteiger partial charge in [-0.15, -0.1) is 5.10 Å². The van der Waals surface area contributed by atoms with Crippen LogP contribution in [-0.4, -0.2) is 29.3 Å². The monoisotopic (exact) mass is 206 g/mol. The van der Waals surface area contributed by atoms with Gasteiger partial charge >= 0.3 is 0 Å². The van der Waals surface area contributed by atoms with Crippen molar-refractivity contribution in [3.63, 3.8) is 0 Å². The van der Waals surface area contributed by atoms with E-state index in [1.807, 2.05) is 19.1 Å². The summed E-state index contributed by atoms with van der Waals surface area (Å²) in [4.78, 5) is 2.23. The number of nitrogens with two attached hydrogens (primary N) is 1. The highest BCUT2D eigenvalue weighted by Gasteiger charge is 2.22. The van der Waals surface area contributed by atoms with Crippen LogP contribution in [0, 0.1) is 12.8 Å². The molecule has 82 valence electrons. The number of hydrogen-bond donors (Lipinski definition) is 1. The van der Waals surface area contributed by atoms with Crippen LogP contribution < -0.4 is 10.6 Å². The lowest BCUT2D eigenvalue weighted by Crippen LogP contribution is -2.46. The minimum atomic E-state index is 0.261. The summed E-state index contributed by atoms with van der Waals surface area (Å²) in [7, 11) is 0. The lowest BCUT2D eigenvalue weighted by Gasteiger charge is -2.35. The van der Waals surface area contributed by atoms with Crippen LogP contribution in [0.2, 0.25) is 0 Å². The number of piperidine rings is 1. The van der Waals surface area contributed by atoms with Gasteiger partial charge in [0.25, 0.3) is 0 Å². The Bertz CT molecular complexity index is 312. The van der Waals surface area contributed by atoms with E-state index in [1.54, 1.807) is 0 Å². The summed E-state index contributed by atoms with van der Waals surface area (Å²) >= 11 is 0. The number of nitrogens with zero attached hydrogens (tertiary/aromatic N) is 3. The molecule has 2 atom stereocenters. The van der Waals surface area contributed by atoms with Crippen molar-refractivity contribution in [3.05, 3.63) is 17.8 Å². The predicted octanol–water partition coefficient (Wildman–Crippen LogP) is 0.959. The summed E-state index contributed by atoms with van der Waals surface area (Å²) in [6.45, 7) is 6.10. The number of rotatable bonds is 1. The van der Waals surface area contributed by atoms with E-state index in [0.29, 0.717) is 5.92 Å². The van der Waals surface area contributed by atoms with Crippen molar-refractivity contribution >= 4 is 5.82 Å². The smallest absolute Gasteiger partial charge is 0.151 e. The van der Waals surface area contributed by atoms with Crippen molar-refractivity contribution in [2.45, 2.75) is 26.3 Å². The molecule has 1 aromatic heterocycles. The van der Waals surface area contributed by atoms with Gasteiger partial charge in [0.15, 0.2) is 5.82 Å². The van der Waals surface area contributed by atoms with Gasteiger partial charge in [0.2, 0.25) is 0 Å². The third-order valence-corrected chi connectivity index (χ3v) is 2.80. The normalized spacial score (nSPS) is 26.7. The second-order valence-corrected chi connectivity index (χ2v) is 4.54. The molecule has 0 saturated carbocycles. The van der Waals surface area contributed by atoms with Gasteiger partial charge in [-0.1, -0.05) is 6.92 Å². The maximum atomic E-state index is 5.99. The summed E-state index contributed by atoms with van der Waals surface area (Å²) in [6, 6.07) is 4.28. The molecule has 0 radical (unpaired) electrons. The Hall–Kier alpha value is -1.16. The van der Waals surface area contributed by atoms with Crippen molar-refractivity contribution in [3.8, 4) is 0 Å². The van der Waals surface area contributed by atoms with Gasteiger partial charge in [0.1, 0.15) is 0 Å². The van der Waals surface area contributed by atoms with Crippen LogP contribution in [0.15, 0.2) is 12.1 Å². The fraction of sp³-hybridized carbons (Fsp3) is 0.636. The zero-order valence-electron chi connectivity index (χ0n) is 9.35. The molecule has 2 rings (SSSR count). The lowest BCUT2D eigenvalue weighted by atomic mass is 9.97. The summed E-state index contributed by atoms with van der Waals surface area (Å²) < 4.78 is 0.